The lowest BCUT2D eigenvalue weighted by Gasteiger charge is -2.29. The van der Waals surface area contributed by atoms with Gasteiger partial charge in [0.25, 0.3) is 0 Å². The Labute approximate surface area is 108 Å². The van der Waals surface area contributed by atoms with Gasteiger partial charge in [0.05, 0.1) is 6.04 Å². The zero-order valence-corrected chi connectivity index (χ0v) is 11.4. The summed E-state index contributed by atoms with van der Waals surface area (Å²) < 4.78 is 0.324. The molecule has 0 bridgehead atoms. The highest BCUT2D eigenvalue weighted by molar-refractivity contribution is 8.00. The van der Waals surface area contributed by atoms with Crippen molar-refractivity contribution in [3.63, 3.8) is 0 Å². The standard InChI is InChI=1S/C13H22N2OS/c1-13(6-2-8-17-13)9-15-7-5-11(12(15)16)14-10-3-4-10/h10-11,14H,2-9H2,1H3. The molecule has 2 atom stereocenters. The maximum absolute atomic E-state index is 12.3. The molecular weight excluding hydrogens is 232 g/mol. The number of nitrogens with zero attached hydrogens (tertiary/aromatic N) is 1. The van der Waals surface area contributed by atoms with Gasteiger partial charge in [0.1, 0.15) is 0 Å². The van der Waals surface area contributed by atoms with E-state index in [2.05, 4.69) is 17.1 Å². The Morgan fingerprint density at radius 1 is 1.47 bits per heavy atom. The van der Waals surface area contributed by atoms with Gasteiger partial charge in [-0.15, -0.1) is 0 Å². The molecule has 3 rings (SSSR count). The van der Waals surface area contributed by atoms with Gasteiger partial charge in [0, 0.05) is 23.9 Å². The third kappa shape index (κ3) is 2.63. The number of nitrogens with one attached hydrogen (secondary N) is 1. The van der Waals surface area contributed by atoms with Crippen molar-refractivity contribution in [2.45, 2.75) is 55.9 Å². The molecule has 2 unspecified atom stereocenters. The van der Waals surface area contributed by atoms with Crippen molar-refractivity contribution in [2.24, 2.45) is 0 Å². The van der Waals surface area contributed by atoms with Gasteiger partial charge in [-0.3, -0.25) is 4.79 Å². The average Bonchev–Trinajstić information content (AvgIpc) is 2.93. The fourth-order valence-electron chi connectivity index (χ4n) is 2.95. The fourth-order valence-corrected chi connectivity index (χ4v) is 4.27. The van der Waals surface area contributed by atoms with Crippen LogP contribution in [0, 0.1) is 0 Å². The summed E-state index contributed by atoms with van der Waals surface area (Å²) in [6.45, 7) is 4.23. The molecule has 17 heavy (non-hydrogen) atoms. The number of amides is 1. The molecular formula is C13H22N2OS. The van der Waals surface area contributed by atoms with Crippen molar-refractivity contribution in [1.29, 1.82) is 0 Å². The molecule has 3 nitrogen and oxygen atoms in total. The molecule has 0 aromatic heterocycles. The molecule has 0 radical (unpaired) electrons. The van der Waals surface area contributed by atoms with E-state index in [4.69, 9.17) is 0 Å². The highest BCUT2D eigenvalue weighted by Gasteiger charge is 2.39. The molecule has 2 heterocycles. The summed E-state index contributed by atoms with van der Waals surface area (Å²) in [6.07, 6.45) is 6.11. The molecule has 96 valence electrons. The maximum Gasteiger partial charge on any atom is 0.239 e. The van der Waals surface area contributed by atoms with E-state index in [1.807, 2.05) is 11.8 Å². The van der Waals surface area contributed by atoms with E-state index in [-0.39, 0.29) is 6.04 Å². The topological polar surface area (TPSA) is 32.3 Å². The lowest BCUT2D eigenvalue weighted by molar-refractivity contribution is -0.129. The van der Waals surface area contributed by atoms with Crippen LogP contribution in [0.2, 0.25) is 0 Å². The van der Waals surface area contributed by atoms with Crippen molar-refractivity contribution in [3.8, 4) is 0 Å². The summed E-state index contributed by atoms with van der Waals surface area (Å²) in [5.41, 5.74) is 0. The van der Waals surface area contributed by atoms with E-state index >= 15 is 0 Å². The number of rotatable bonds is 4. The molecule has 1 N–H and O–H groups in total. The maximum atomic E-state index is 12.3. The number of carbonyl (C=O) groups is 1. The summed E-state index contributed by atoms with van der Waals surface area (Å²) in [4.78, 5) is 14.3. The van der Waals surface area contributed by atoms with Gasteiger partial charge in [-0.25, -0.2) is 0 Å². The van der Waals surface area contributed by atoms with Crippen LogP contribution in [0.25, 0.3) is 0 Å². The molecule has 0 spiro atoms. The Morgan fingerprint density at radius 3 is 2.94 bits per heavy atom. The Morgan fingerprint density at radius 2 is 2.29 bits per heavy atom. The molecule has 3 aliphatic rings. The number of hydrogen-bond acceptors (Lipinski definition) is 3. The number of carbonyl (C=O) groups excluding carboxylic acids is 1. The summed E-state index contributed by atoms with van der Waals surface area (Å²) in [5.74, 6) is 1.62. The molecule has 1 saturated carbocycles. The quantitative estimate of drug-likeness (QED) is 0.827. The highest BCUT2D eigenvalue weighted by atomic mass is 32.2. The minimum Gasteiger partial charge on any atom is -0.340 e. The molecule has 0 aromatic carbocycles. The SMILES string of the molecule is CC1(CN2CCC(NC3CC3)C2=O)CCCS1. The van der Waals surface area contributed by atoms with Gasteiger partial charge in [-0.2, -0.15) is 11.8 Å². The van der Waals surface area contributed by atoms with Crippen LogP contribution in [0.3, 0.4) is 0 Å². The Hall–Kier alpha value is -0.220. The van der Waals surface area contributed by atoms with E-state index in [9.17, 15) is 4.79 Å². The highest BCUT2D eigenvalue weighted by Crippen LogP contribution is 2.39. The molecule has 2 aliphatic heterocycles. The Bertz CT molecular complexity index is 311. The summed E-state index contributed by atoms with van der Waals surface area (Å²) >= 11 is 2.05. The second-order valence-corrected chi connectivity index (χ2v) is 7.63. The van der Waals surface area contributed by atoms with Crippen LogP contribution >= 0.6 is 11.8 Å². The van der Waals surface area contributed by atoms with Crippen molar-refractivity contribution < 1.29 is 4.79 Å². The normalized spacial score (nSPS) is 38.1. The first kappa shape index (κ1) is 11.8. The number of hydrogen-bond donors (Lipinski definition) is 1. The van der Waals surface area contributed by atoms with Crippen LogP contribution in [0.5, 0.6) is 0 Å². The van der Waals surface area contributed by atoms with Crippen molar-refractivity contribution in [3.05, 3.63) is 0 Å². The fraction of sp³-hybridized carbons (Fsp3) is 0.923. The van der Waals surface area contributed by atoms with E-state index < -0.39 is 0 Å². The Balaban J connectivity index is 1.55. The molecule has 1 amide bonds. The minimum atomic E-state index is 0.123. The zero-order chi connectivity index (χ0) is 11.9. The molecule has 0 aromatic rings. The van der Waals surface area contributed by atoms with E-state index in [0.29, 0.717) is 16.7 Å². The second kappa shape index (κ2) is 4.47. The molecule has 1 aliphatic carbocycles. The van der Waals surface area contributed by atoms with E-state index in [0.717, 1.165) is 19.5 Å². The average molecular weight is 254 g/mol. The third-order valence-corrected chi connectivity index (χ3v) is 5.66. The number of thioether (sulfide) groups is 1. The minimum absolute atomic E-state index is 0.123. The molecule has 4 heteroatoms. The second-order valence-electron chi connectivity index (χ2n) is 5.94. The van der Waals surface area contributed by atoms with Gasteiger partial charge in [0.2, 0.25) is 5.91 Å². The van der Waals surface area contributed by atoms with Gasteiger partial charge in [-0.05, 0) is 44.8 Å². The van der Waals surface area contributed by atoms with Crippen LogP contribution in [0.4, 0.5) is 0 Å². The molecule has 3 fully saturated rings. The Kier molecular flexibility index (Phi) is 3.11. The monoisotopic (exact) mass is 254 g/mol. The van der Waals surface area contributed by atoms with Crippen molar-refractivity contribution in [2.75, 3.05) is 18.8 Å². The van der Waals surface area contributed by atoms with Gasteiger partial charge in [-0.1, -0.05) is 0 Å². The number of likely N-dealkylation sites (tertiary alicyclic amines) is 1. The van der Waals surface area contributed by atoms with Gasteiger partial charge >= 0.3 is 0 Å². The largest absolute Gasteiger partial charge is 0.340 e. The van der Waals surface area contributed by atoms with E-state index in [1.165, 1.54) is 31.4 Å². The van der Waals surface area contributed by atoms with Crippen molar-refractivity contribution in [1.82, 2.24) is 10.2 Å². The summed E-state index contributed by atoms with van der Waals surface area (Å²) in [6, 6.07) is 0.762. The molecule has 2 saturated heterocycles. The van der Waals surface area contributed by atoms with Crippen LogP contribution < -0.4 is 5.32 Å². The predicted octanol–water partition coefficient (Wildman–Crippen LogP) is 1.62. The first-order valence-electron chi connectivity index (χ1n) is 6.85. The van der Waals surface area contributed by atoms with Gasteiger partial charge in [0.15, 0.2) is 0 Å². The lowest BCUT2D eigenvalue weighted by Crippen LogP contribution is -2.43. The van der Waals surface area contributed by atoms with Gasteiger partial charge < -0.3 is 10.2 Å². The zero-order valence-electron chi connectivity index (χ0n) is 10.6. The van der Waals surface area contributed by atoms with Crippen LogP contribution in [-0.2, 0) is 4.79 Å². The van der Waals surface area contributed by atoms with E-state index in [1.54, 1.807) is 0 Å². The summed E-state index contributed by atoms with van der Waals surface area (Å²) in [5, 5.41) is 3.47. The lowest BCUT2D eigenvalue weighted by atomic mass is 10.1. The first-order valence-corrected chi connectivity index (χ1v) is 7.84. The first-order chi connectivity index (χ1) is 8.16. The third-order valence-electron chi connectivity index (χ3n) is 4.14. The van der Waals surface area contributed by atoms with Crippen LogP contribution in [0.1, 0.15) is 39.0 Å². The van der Waals surface area contributed by atoms with Crippen molar-refractivity contribution >= 4 is 17.7 Å². The predicted molar refractivity (Wildman–Crippen MR) is 71.2 cm³/mol. The smallest absolute Gasteiger partial charge is 0.239 e. The van der Waals surface area contributed by atoms with Crippen LogP contribution in [0.15, 0.2) is 0 Å². The van der Waals surface area contributed by atoms with Crippen LogP contribution in [-0.4, -0.2) is 46.5 Å². The summed E-state index contributed by atoms with van der Waals surface area (Å²) in [7, 11) is 0.